The van der Waals surface area contributed by atoms with Crippen LogP contribution >= 0.6 is 23.2 Å². The van der Waals surface area contributed by atoms with Crippen LogP contribution in [0.2, 0.25) is 10.0 Å². The smallest absolute Gasteiger partial charge is 0.259 e. The molecule has 0 bridgehead atoms. The molecule has 18 heavy (non-hydrogen) atoms. The zero-order chi connectivity index (χ0) is 13.1. The molecule has 92 valence electrons. The van der Waals surface area contributed by atoms with E-state index in [9.17, 15) is 4.79 Å². The molecule has 1 heterocycles. The Labute approximate surface area is 114 Å². The van der Waals surface area contributed by atoms with E-state index in [1.54, 1.807) is 25.1 Å². The summed E-state index contributed by atoms with van der Waals surface area (Å²) in [4.78, 5) is 19.8. The van der Waals surface area contributed by atoms with Crippen molar-refractivity contribution in [2.75, 3.05) is 5.32 Å². The first kappa shape index (κ1) is 12.8. The van der Waals surface area contributed by atoms with Crippen molar-refractivity contribution in [1.29, 1.82) is 0 Å². The van der Waals surface area contributed by atoms with Crippen LogP contribution in [0.15, 0.2) is 30.7 Å². The highest BCUT2D eigenvalue weighted by atomic mass is 35.5. The number of hydrogen-bond donors (Lipinski definition) is 1. The van der Waals surface area contributed by atoms with Crippen molar-refractivity contribution >= 4 is 34.8 Å². The van der Waals surface area contributed by atoms with Crippen molar-refractivity contribution < 1.29 is 4.79 Å². The lowest BCUT2D eigenvalue weighted by molar-refractivity contribution is 0.102. The molecule has 2 aromatic rings. The highest BCUT2D eigenvalue weighted by Gasteiger charge is 2.12. The summed E-state index contributed by atoms with van der Waals surface area (Å²) < 4.78 is 0. The van der Waals surface area contributed by atoms with Gasteiger partial charge in [-0.15, -0.1) is 0 Å². The van der Waals surface area contributed by atoms with Crippen LogP contribution in [0.4, 0.5) is 5.69 Å². The van der Waals surface area contributed by atoms with Crippen LogP contribution in [0, 0.1) is 6.92 Å². The molecule has 0 atom stereocenters. The molecule has 0 unspecified atom stereocenters. The fraction of sp³-hybridized carbons (Fsp3) is 0.0833. The van der Waals surface area contributed by atoms with Crippen molar-refractivity contribution in [2.24, 2.45) is 0 Å². The van der Waals surface area contributed by atoms with Crippen LogP contribution in [0.1, 0.15) is 16.1 Å². The normalized spacial score (nSPS) is 10.2. The second-order valence-electron chi connectivity index (χ2n) is 3.58. The van der Waals surface area contributed by atoms with Gasteiger partial charge in [0.1, 0.15) is 6.33 Å². The maximum Gasteiger partial charge on any atom is 0.259 e. The summed E-state index contributed by atoms with van der Waals surface area (Å²) in [6.07, 6.45) is 2.84. The van der Waals surface area contributed by atoms with E-state index < -0.39 is 0 Å². The Morgan fingerprint density at radius 1 is 1.33 bits per heavy atom. The van der Waals surface area contributed by atoms with Gasteiger partial charge in [0.25, 0.3) is 5.91 Å². The molecule has 0 aliphatic carbocycles. The van der Waals surface area contributed by atoms with Crippen molar-refractivity contribution in [3.63, 3.8) is 0 Å². The van der Waals surface area contributed by atoms with E-state index in [4.69, 9.17) is 23.2 Å². The minimum absolute atomic E-state index is 0.307. The third-order valence-corrected chi connectivity index (χ3v) is 3.17. The number of benzene rings is 1. The first-order valence-electron chi connectivity index (χ1n) is 5.11. The monoisotopic (exact) mass is 281 g/mol. The molecule has 0 fully saturated rings. The zero-order valence-corrected chi connectivity index (χ0v) is 11.0. The molecule has 4 nitrogen and oxygen atoms in total. The molecular formula is C12H9Cl2N3O. The number of nitrogens with zero attached hydrogens (tertiary/aromatic N) is 2. The van der Waals surface area contributed by atoms with Crippen LogP contribution in [0.3, 0.4) is 0 Å². The van der Waals surface area contributed by atoms with Crippen LogP contribution in [-0.2, 0) is 0 Å². The maximum absolute atomic E-state index is 12.0. The second kappa shape index (κ2) is 5.33. The Morgan fingerprint density at radius 3 is 2.83 bits per heavy atom. The lowest BCUT2D eigenvalue weighted by Crippen LogP contribution is -2.14. The Balaban J connectivity index is 2.27. The first-order valence-corrected chi connectivity index (χ1v) is 5.87. The van der Waals surface area contributed by atoms with Gasteiger partial charge in [0.2, 0.25) is 0 Å². The van der Waals surface area contributed by atoms with Crippen molar-refractivity contribution in [1.82, 2.24) is 9.97 Å². The number of nitrogens with one attached hydrogen (secondary N) is 1. The third-order valence-electron chi connectivity index (χ3n) is 2.36. The Kier molecular flexibility index (Phi) is 3.79. The van der Waals surface area contributed by atoms with Crippen LogP contribution in [0.25, 0.3) is 0 Å². The molecule has 0 aliphatic rings. The van der Waals surface area contributed by atoms with Gasteiger partial charge in [0.05, 0.1) is 27.0 Å². The Morgan fingerprint density at radius 2 is 2.11 bits per heavy atom. The van der Waals surface area contributed by atoms with Gasteiger partial charge in [0, 0.05) is 6.20 Å². The topological polar surface area (TPSA) is 54.9 Å². The lowest BCUT2D eigenvalue weighted by Gasteiger charge is -2.08. The van der Waals surface area contributed by atoms with Gasteiger partial charge in [0.15, 0.2) is 0 Å². The van der Waals surface area contributed by atoms with Crippen molar-refractivity contribution in [2.45, 2.75) is 6.92 Å². The number of anilines is 1. The van der Waals surface area contributed by atoms with E-state index >= 15 is 0 Å². The summed E-state index contributed by atoms with van der Waals surface area (Å²) in [5.74, 6) is -0.322. The van der Waals surface area contributed by atoms with Gasteiger partial charge in [-0.2, -0.15) is 0 Å². The van der Waals surface area contributed by atoms with E-state index in [1.807, 2.05) is 0 Å². The van der Waals surface area contributed by atoms with Gasteiger partial charge in [-0.3, -0.25) is 4.79 Å². The summed E-state index contributed by atoms with van der Waals surface area (Å²) in [7, 11) is 0. The largest absolute Gasteiger partial charge is 0.320 e. The fourth-order valence-corrected chi connectivity index (χ4v) is 1.75. The number of carbonyl (C=O) groups is 1. The summed E-state index contributed by atoms with van der Waals surface area (Å²) in [5, 5.41) is 3.36. The molecule has 0 saturated carbocycles. The molecule has 2 rings (SSSR count). The maximum atomic E-state index is 12.0. The second-order valence-corrected chi connectivity index (χ2v) is 4.36. The van der Waals surface area contributed by atoms with Gasteiger partial charge in [-0.25, -0.2) is 9.97 Å². The summed E-state index contributed by atoms with van der Waals surface area (Å²) >= 11 is 11.9. The van der Waals surface area contributed by atoms with Gasteiger partial charge >= 0.3 is 0 Å². The van der Waals surface area contributed by atoms with E-state index in [0.717, 1.165) is 0 Å². The molecule has 6 heteroatoms. The van der Waals surface area contributed by atoms with Crippen LogP contribution in [0.5, 0.6) is 0 Å². The number of aromatic nitrogens is 2. The van der Waals surface area contributed by atoms with Crippen LogP contribution in [-0.4, -0.2) is 15.9 Å². The summed E-state index contributed by atoms with van der Waals surface area (Å²) in [6.45, 7) is 1.73. The van der Waals surface area contributed by atoms with Crippen molar-refractivity contribution in [3.05, 3.63) is 52.0 Å². The van der Waals surface area contributed by atoms with E-state index in [0.29, 0.717) is 27.0 Å². The summed E-state index contributed by atoms with van der Waals surface area (Å²) in [5.41, 5.74) is 1.45. The van der Waals surface area contributed by atoms with E-state index in [2.05, 4.69) is 15.3 Å². The molecule has 0 aliphatic heterocycles. The molecule has 1 aromatic heterocycles. The molecule has 1 N–H and O–H groups in total. The molecule has 0 radical (unpaired) electrons. The Bertz CT molecular complexity index is 602. The predicted molar refractivity (Wildman–Crippen MR) is 71.2 cm³/mol. The van der Waals surface area contributed by atoms with Gasteiger partial charge in [-0.05, 0) is 19.1 Å². The number of carbonyl (C=O) groups excluding carboxylic acids is 1. The summed E-state index contributed by atoms with van der Waals surface area (Å²) in [6, 6.07) is 5.03. The molecule has 0 spiro atoms. The SMILES string of the molecule is Cc1ncncc1C(=O)Nc1cccc(Cl)c1Cl. The number of halogens is 2. The average Bonchev–Trinajstić information content (AvgIpc) is 2.35. The number of aryl methyl sites for hydroxylation is 1. The molecule has 0 saturated heterocycles. The Hall–Kier alpha value is -1.65. The van der Waals surface area contributed by atoms with Gasteiger partial charge in [-0.1, -0.05) is 29.3 Å². The average molecular weight is 282 g/mol. The highest BCUT2D eigenvalue weighted by molar-refractivity contribution is 6.44. The predicted octanol–water partition coefficient (Wildman–Crippen LogP) is 3.34. The number of hydrogen-bond acceptors (Lipinski definition) is 3. The van der Waals surface area contributed by atoms with E-state index in [1.165, 1.54) is 12.5 Å². The third kappa shape index (κ3) is 2.60. The molecule has 1 amide bonds. The van der Waals surface area contributed by atoms with E-state index in [-0.39, 0.29) is 5.91 Å². The highest BCUT2D eigenvalue weighted by Crippen LogP contribution is 2.29. The lowest BCUT2D eigenvalue weighted by atomic mass is 10.2. The molecular weight excluding hydrogens is 273 g/mol. The van der Waals surface area contributed by atoms with Crippen LogP contribution < -0.4 is 5.32 Å². The number of rotatable bonds is 2. The molecule has 1 aromatic carbocycles. The zero-order valence-electron chi connectivity index (χ0n) is 9.45. The minimum Gasteiger partial charge on any atom is -0.320 e. The number of amides is 1. The van der Waals surface area contributed by atoms with Crippen molar-refractivity contribution in [3.8, 4) is 0 Å². The standard InChI is InChI=1S/C12H9Cl2N3O/c1-7-8(5-15-6-16-7)12(18)17-10-4-2-3-9(13)11(10)14/h2-6H,1H3,(H,17,18). The minimum atomic E-state index is -0.322. The fourth-order valence-electron chi connectivity index (χ4n) is 1.40. The quantitative estimate of drug-likeness (QED) is 0.919. The first-order chi connectivity index (χ1) is 8.59. The van der Waals surface area contributed by atoms with Gasteiger partial charge < -0.3 is 5.32 Å².